The van der Waals surface area contributed by atoms with Crippen LogP contribution in [0.1, 0.15) is 36.5 Å². The summed E-state index contributed by atoms with van der Waals surface area (Å²) in [7, 11) is 0. The van der Waals surface area contributed by atoms with Gasteiger partial charge < -0.3 is 15.0 Å². The fraction of sp³-hybridized carbons (Fsp3) is 0.238. The molecule has 1 heterocycles. The number of pyridine rings is 1. The van der Waals surface area contributed by atoms with Crippen molar-refractivity contribution in [3.63, 3.8) is 0 Å². The molecule has 8 heteroatoms. The number of carbonyl (C=O) groups excluding carboxylic acids is 1. The van der Waals surface area contributed by atoms with Crippen LogP contribution in [-0.4, -0.2) is 20.5 Å². The summed E-state index contributed by atoms with van der Waals surface area (Å²) in [6.07, 6.45) is 2.69. The van der Waals surface area contributed by atoms with Gasteiger partial charge in [-0.25, -0.2) is 0 Å². The molecular formula is C21H21N3O5. The molecule has 0 aliphatic rings. The first-order chi connectivity index (χ1) is 13.9. The quantitative estimate of drug-likeness (QED) is 0.356. The topological polar surface area (TPSA) is 114 Å². The third-order valence-corrected chi connectivity index (χ3v) is 4.69. The second-order valence-electron chi connectivity index (χ2n) is 6.66. The van der Waals surface area contributed by atoms with Crippen LogP contribution in [-0.2, 0) is 6.54 Å². The summed E-state index contributed by atoms with van der Waals surface area (Å²) < 4.78 is 1.51. The Hall–Kier alpha value is -3.68. The second kappa shape index (κ2) is 8.55. The predicted molar refractivity (Wildman–Crippen MR) is 110 cm³/mol. The van der Waals surface area contributed by atoms with Gasteiger partial charge in [-0.2, -0.15) is 0 Å². The highest BCUT2D eigenvalue weighted by Gasteiger charge is 2.22. The van der Waals surface area contributed by atoms with Crippen LogP contribution in [0.3, 0.4) is 0 Å². The molecule has 0 aliphatic heterocycles. The van der Waals surface area contributed by atoms with Crippen LogP contribution in [0, 0.1) is 10.1 Å². The van der Waals surface area contributed by atoms with E-state index in [0.29, 0.717) is 17.4 Å². The van der Waals surface area contributed by atoms with E-state index in [4.69, 9.17) is 0 Å². The summed E-state index contributed by atoms with van der Waals surface area (Å²) >= 11 is 0. The van der Waals surface area contributed by atoms with Crippen molar-refractivity contribution in [3.05, 3.63) is 74.6 Å². The Morgan fingerprint density at radius 1 is 1.14 bits per heavy atom. The molecule has 3 rings (SSSR count). The van der Waals surface area contributed by atoms with Crippen molar-refractivity contribution >= 4 is 28.2 Å². The molecule has 0 atom stereocenters. The Morgan fingerprint density at radius 3 is 2.48 bits per heavy atom. The van der Waals surface area contributed by atoms with E-state index in [1.54, 1.807) is 24.3 Å². The molecule has 29 heavy (non-hydrogen) atoms. The highest BCUT2D eigenvalue weighted by Crippen LogP contribution is 2.27. The number of non-ortho nitro benzene ring substituents is 1. The summed E-state index contributed by atoms with van der Waals surface area (Å²) in [5, 5.41) is 24.3. The van der Waals surface area contributed by atoms with Gasteiger partial charge in [0.2, 0.25) is 0 Å². The van der Waals surface area contributed by atoms with E-state index in [2.05, 4.69) is 12.2 Å². The second-order valence-corrected chi connectivity index (χ2v) is 6.66. The number of hydrogen-bond acceptors (Lipinski definition) is 5. The number of aryl methyl sites for hydroxylation is 1. The summed E-state index contributed by atoms with van der Waals surface area (Å²) in [4.78, 5) is 36.0. The first kappa shape index (κ1) is 20.1. The number of fused-ring (bicyclic) bond motifs is 1. The molecule has 3 aromatic rings. The van der Waals surface area contributed by atoms with Gasteiger partial charge in [0.1, 0.15) is 11.3 Å². The third-order valence-electron chi connectivity index (χ3n) is 4.69. The van der Waals surface area contributed by atoms with Gasteiger partial charge in [0, 0.05) is 29.8 Å². The van der Waals surface area contributed by atoms with Crippen molar-refractivity contribution in [2.45, 2.75) is 32.7 Å². The van der Waals surface area contributed by atoms with Crippen molar-refractivity contribution < 1.29 is 14.8 Å². The largest absolute Gasteiger partial charge is 0.506 e. The Balaban J connectivity index is 2.02. The first-order valence-electron chi connectivity index (χ1n) is 9.34. The number of amides is 1. The summed E-state index contributed by atoms with van der Waals surface area (Å²) in [6.45, 7) is 2.49. The molecule has 0 saturated carbocycles. The fourth-order valence-corrected chi connectivity index (χ4v) is 3.20. The lowest BCUT2D eigenvalue weighted by Crippen LogP contribution is -2.30. The van der Waals surface area contributed by atoms with Crippen molar-refractivity contribution in [2.24, 2.45) is 0 Å². The van der Waals surface area contributed by atoms with Crippen LogP contribution in [0.5, 0.6) is 5.75 Å². The fourth-order valence-electron chi connectivity index (χ4n) is 3.20. The van der Waals surface area contributed by atoms with Gasteiger partial charge in [-0.3, -0.25) is 19.7 Å². The van der Waals surface area contributed by atoms with Gasteiger partial charge in [-0.1, -0.05) is 31.9 Å². The van der Waals surface area contributed by atoms with Crippen LogP contribution in [0.25, 0.3) is 10.9 Å². The number of anilines is 1. The molecular weight excluding hydrogens is 374 g/mol. The molecule has 1 amide bonds. The lowest BCUT2D eigenvalue weighted by molar-refractivity contribution is -0.384. The van der Waals surface area contributed by atoms with Crippen LogP contribution in [0.15, 0.2) is 53.3 Å². The van der Waals surface area contributed by atoms with Crippen LogP contribution < -0.4 is 10.9 Å². The highest BCUT2D eigenvalue weighted by molar-refractivity contribution is 6.09. The Bertz CT molecular complexity index is 1120. The molecule has 8 nitrogen and oxygen atoms in total. The Labute approximate surface area is 166 Å². The van der Waals surface area contributed by atoms with E-state index in [9.17, 15) is 24.8 Å². The molecule has 0 unspecified atom stereocenters. The molecule has 1 aromatic heterocycles. The van der Waals surface area contributed by atoms with Gasteiger partial charge in [0.25, 0.3) is 17.2 Å². The molecule has 0 bridgehead atoms. The lowest BCUT2D eigenvalue weighted by atomic mass is 10.1. The number of para-hydroxylation sites is 1. The molecule has 0 aliphatic carbocycles. The van der Waals surface area contributed by atoms with Crippen molar-refractivity contribution in [2.75, 3.05) is 5.32 Å². The zero-order chi connectivity index (χ0) is 21.0. The minimum Gasteiger partial charge on any atom is -0.506 e. The van der Waals surface area contributed by atoms with Crippen LogP contribution >= 0.6 is 0 Å². The maximum Gasteiger partial charge on any atom is 0.269 e. The SMILES string of the molecule is CCCCCn1c(=O)c(C(=O)Nc2ccc([N+](=O)[O-])cc2)c(O)c2ccccc21. The maximum absolute atomic E-state index is 13.0. The van der Waals surface area contributed by atoms with Crippen molar-refractivity contribution in [3.8, 4) is 5.75 Å². The summed E-state index contributed by atoms with van der Waals surface area (Å²) in [5.41, 5.74) is -0.187. The van der Waals surface area contributed by atoms with Gasteiger partial charge in [-0.05, 0) is 30.7 Å². The number of nitrogens with zero attached hydrogens (tertiary/aromatic N) is 2. The van der Waals surface area contributed by atoms with E-state index in [1.165, 1.54) is 28.8 Å². The van der Waals surface area contributed by atoms with E-state index in [0.717, 1.165) is 19.3 Å². The molecule has 2 N–H and O–H groups in total. The summed E-state index contributed by atoms with van der Waals surface area (Å²) in [5.74, 6) is -1.15. The van der Waals surface area contributed by atoms with Crippen molar-refractivity contribution in [1.82, 2.24) is 4.57 Å². The number of aromatic hydroxyl groups is 1. The molecule has 0 spiro atoms. The molecule has 0 saturated heterocycles. The molecule has 150 valence electrons. The zero-order valence-corrected chi connectivity index (χ0v) is 15.9. The number of benzene rings is 2. The smallest absolute Gasteiger partial charge is 0.269 e. The molecule has 2 aromatic carbocycles. The first-order valence-corrected chi connectivity index (χ1v) is 9.34. The maximum atomic E-state index is 13.0. The van der Waals surface area contributed by atoms with E-state index in [-0.39, 0.29) is 22.7 Å². The third kappa shape index (κ3) is 4.11. The minimum atomic E-state index is -0.767. The van der Waals surface area contributed by atoms with Gasteiger partial charge in [-0.15, -0.1) is 0 Å². The van der Waals surface area contributed by atoms with Gasteiger partial charge >= 0.3 is 0 Å². The molecule has 0 fully saturated rings. The average Bonchev–Trinajstić information content (AvgIpc) is 2.71. The van der Waals surface area contributed by atoms with E-state index >= 15 is 0 Å². The zero-order valence-electron chi connectivity index (χ0n) is 15.9. The van der Waals surface area contributed by atoms with E-state index < -0.39 is 16.4 Å². The molecule has 0 radical (unpaired) electrons. The monoisotopic (exact) mass is 395 g/mol. The average molecular weight is 395 g/mol. The summed E-state index contributed by atoms with van der Waals surface area (Å²) in [6, 6.07) is 12.1. The lowest BCUT2D eigenvalue weighted by Gasteiger charge is -2.15. The number of nitrogens with one attached hydrogen (secondary N) is 1. The number of hydrogen-bond donors (Lipinski definition) is 2. The standard InChI is InChI=1S/C21H21N3O5/c1-2-3-6-13-23-17-8-5-4-7-16(17)19(25)18(21(23)27)20(26)22-14-9-11-15(12-10-14)24(28)29/h4-5,7-12,25H,2-3,6,13H2,1H3,(H,22,26). The number of carbonyl (C=O) groups is 1. The highest BCUT2D eigenvalue weighted by atomic mass is 16.6. The Morgan fingerprint density at radius 2 is 1.83 bits per heavy atom. The van der Waals surface area contributed by atoms with Crippen LogP contribution in [0.2, 0.25) is 0 Å². The van der Waals surface area contributed by atoms with Crippen molar-refractivity contribution in [1.29, 1.82) is 0 Å². The number of rotatable bonds is 7. The number of nitro benzene ring substituents is 1. The number of unbranched alkanes of at least 4 members (excludes halogenated alkanes) is 2. The normalized spacial score (nSPS) is 10.8. The predicted octanol–water partition coefficient (Wildman–Crippen LogP) is 4.06. The minimum absolute atomic E-state index is 0.116. The number of aromatic nitrogens is 1. The van der Waals surface area contributed by atoms with Gasteiger partial charge in [0.15, 0.2) is 0 Å². The van der Waals surface area contributed by atoms with E-state index in [1.807, 2.05) is 0 Å². The Kier molecular flexibility index (Phi) is 5.92. The van der Waals surface area contributed by atoms with Crippen LogP contribution in [0.4, 0.5) is 11.4 Å². The number of nitro groups is 1. The van der Waals surface area contributed by atoms with Gasteiger partial charge in [0.05, 0.1) is 10.4 Å².